The lowest BCUT2D eigenvalue weighted by Crippen LogP contribution is -2.69. The summed E-state index contributed by atoms with van der Waals surface area (Å²) in [5, 5.41) is 17.3. The summed E-state index contributed by atoms with van der Waals surface area (Å²) in [6.07, 6.45) is 2.76. The van der Waals surface area contributed by atoms with Gasteiger partial charge in [-0.2, -0.15) is 0 Å². The van der Waals surface area contributed by atoms with Crippen LogP contribution in [0.1, 0.15) is 63.5 Å². The Morgan fingerprint density at radius 2 is 1.20 bits per heavy atom. The highest BCUT2D eigenvalue weighted by Crippen LogP contribution is 2.26. The van der Waals surface area contributed by atoms with Gasteiger partial charge in [-0.1, -0.05) is 74.5 Å². The standard InChI is InChI=1S/C39H52N8O7/c1-25(2)33-39(53)46-31(18-11-21-41-46)38(52)45-30(17-10-20-40-45)36(50)43(3)32(24-27-15-8-5-9-16-27)37(51)44-22-12-19-29(44)34(48)42-28(35(49)47(33)54)23-26-13-6-4-7-14-26/h4-9,13-16,25,28-33,40-41,54H,10-12,17-24H2,1-3H3,(H,42,48). The molecule has 15 nitrogen and oxygen atoms in total. The molecule has 0 radical (unpaired) electrons. The molecule has 6 amide bonds. The summed E-state index contributed by atoms with van der Waals surface area (Å²) in [6, 6.07) is 11.6. The molecule has 0 aromatic heterocycles. The molecule has 4 heterocycles. The number of carbonyl (C=O) groups is 6. The second kappa shape index (κ2) is 17.1. The molecular weight excluding hydrogens is 692 g/mol. The van der Waals surface area contributed by atoms with Crippen LogP contribution in [0.5, 0.6) is 0 Å². The van der Waals surface area contributed by atoms with Crippen molar-refractivity contribution in [3.63, 3.8) is 0 Å². The van der Waals surface area contributed by atoms with Crippen molar-refractivity contribution in [1.82, 2.24) is 41.0 Å². The van der Waals surface area contributed by atoms with E-state index in [1.54, 1.807) is 45.2 Å². The molecule has 4 N–H and O–H groups in total. The van der Waals surface area contributed by atoms with Gasteiger partial charge in [0.05, 0.1) is 0 Å². The van der Waals surface area contributed by atoms with E-state index in [2.05, 4.69) is 16.2 Å². The Bertz CT molecular complexity index is 1690. The van der Waals surface area contributed by atoms with Gasteiger partial charge in [-0.15, -0.1) is 0 Å². The fourth-order valence-corrected chi connectivity index (χ4v) is 8.10. The maximum Gasteiger partial charge on any atom is 0.269 e. The van der Waals surface area contributed by atoms with E-state index in [4.69, 9.17) is 0 Å². The van der Waals surface area contributed by atoms with Crippen LogP contribution in [0.3, 0.4) is 0 Å². The van der Waals surface area contributed by atoms with E-state index in [0.717, 1.165) is 5.56 Å². The first-order valence-electron chi connectivity index (χ1n) is 19.1. The van der Waals surface area contributed by atoms with Crippen LogP contribution in [-0.4, -0.2) is 128 Å². The number of benzene rings is 2. The topological polar surface area (TPSA) is 175 Å². The average molecular weight is 745 g/mol. The minimum absolute atomic E-state index is 0.00110. The summed E-state index contributed by atoms with van der Waals surface area (Å²) >= 11 is 0. The van der Waals surface area contributed by atoms with Crippen LogP contribution in [0.4, 0.5) is 0 Å². The molecule has 290 valence electrons. The number of hydrogen-bond acceptors (Lipinski definition) is 9. The van der Waals surface area contributed by atoms with Crippen molar-refractivity contribution in [3.8, 4) is 0 Å². The normalized spacial score (nSPS) is 28.1. The number of likely N-dealkylation sites (N-methyl/N-ethyl adjacent to an activating group) is 1. The predicted octanol–water partition coefficient (Wildman–Crippen LogP) is 1.02. The molecule has 4 aliphatic heterocycles. The minimum atomic E-state index is -1.42. The molecule has 0 aliphatic carbocycles. The molecule has 15 heteroatoms. The monoisotopic (exact) mass is 744 g/mol. The van der Waals surface area contributed by atoms with E-state index in [0.29, 0.717) is 55.8 Å². The van der Waals surface area contributed by atoms with Crippen molar-refractivity contribution in [3.05, 3.63) is 71.8 Å². The van der Waals surface area contributed by atoms with Crippen LogP contribution < -0.4 is 16.2 Å². The molecule has 4 aliphatic rings. The van der Waals surface area contributed by atoms with E-state index in [-0.39, 0.29) is 25.8 Å². The second-order valence-corrected chi connectivity index (χ2v) is 15.0. The first kappa shape index (κ1) is 38.9. The van der Waals surface area contributed by atoms with Gasteiger partial charge in [-0.05, 0) is 55.6 Å². The van der Waals surface area contributed by atoms with Gasteiger partial charge in [0.25, 0.3) is 17.7 Å². The van der Waals surface area contributed by atoms with Gasteiger partial charge >= 0.3 is 0 Å². The third-order valence-electron chi connectivity index (χ3n) is 11.0. The molecule has 0 spiro atoms. The second-order valence-electron chi connectivity index (χ2n) is 15.0. The van der Waals surface area contributed by atoms with E-state index < -0.39 is 77.6 Å². The minimum Gasteiger partial charge on any atom is -0.342 e. The predicted molar refractivity (Wildman–Crippen MR) is 197 cm³/mol. The lowest BCUT2D eigenvalue weighted by atomic mass is 9.97. The lowest BCUT2D eigenvalue weighted by Gasteiger charge is -2.44. The van der Waals surface area contributed by atoms with Crippen molar-refractivity contribution in [2.24, 2.45) is 5.92 Å². The van der Waals surface area contributed by atoms with Crippen molar-refractivity contribution in [2.75, 3.05) is 26.7 Å². The van der Waals surface area contributed by atoms with Gasteiger partial charge in [0, 0.05) is 39.5 Å². The molecule has 4 saturated heterocycles. The number of amides is 6. The molecule has 6 atom stereocenters. The number of fused-ring (bicyclic) bond motifs is 3. The first-order valence-corrected chi connectivity index (χ1v) is 19.1. The smallest absolute Gasteiger partial charge is 0.269 e. The number of carbonyl (C=O) groups excluding carboxylic acids is 6. The zero-order valence-corrected chi connectivity index (χ0v) is 31.2. The third kappa shape index (κ3) is 8.12. The molecule has 0 bridgehead atoms. The summed E-state index contributed by atoms with van der Waals surface area (Å²) < 4.78 is 0. The Morgan fingerprint density at radius 1 is 0.667 bits per heavy atom. The zero-order valence-electron chi connectivity index (χ0n) is 31.2. The van der Waals surface area contributed by atoms with Gasteiger partial charge in [-0.25, -0.2) is 15.9 Å². The zero-order chi connectivity index (χ0) is 38.5. The van der Waals surface area contributed by atoms with Crippen LogP contribution in [0, 0.1) is 5.92 Å². The first-order chi connectivity index (χ1) is 26.0. The molecule has 4 fully saturated rings. The van der Waals surface area contributed by atoms with Crippen LogP contribution in [0.15, 0.2) is 60.7 Å². The Morgan fingerprint density at radius 3 is 1.80 bits per heavy atom. The fourth-order valence-electron chi connectivity index (χ4n) is 8.10. The lowest BCUT2D eigenvalue weighted by molar-refractivity contribution is -0.193. The number of nitrogens with zero attached hydrogens (tertiary/aromatic N) is 5. The largest absolute Gasteiger partial charge is 0.342 e. The Kier molecular flexibility index (Phi) is 12.3. The van der Waals surface area contributed by atoms with Crippen LogP contribution in [-0.2, 0) is 41.6 Å². The van der Waals surface area contributed by atoms with Crippen LogP contribution in [0.25, 0.3) is 0 Å². The van der Waals surface area contributed by atoms with Crippen molar-refractivity contribution >= 4 is 35.4 Å². The van der Waals surface area contributed by atoms with E-state index in [1.165, 1.54) is 19.8 Å². The fraction of sp³-hybridized carbons (Fsp3) is 0.538. The number of nitrogens with one attached hydrogen (secondary N) is 3. The highest BCUT2D eigenvalue weighted by molar-refractivity contribution is 5.98. The number of hydrazine groups is 2. The Hall–Kier alpha value is -4.86. The summed E-state index contributed by atoms with van der Waals surface area (Å²) in [6.45, 7) is 4.41. The van der Waals surface area contributed by atoms with Gasteiger partial charge in [-0.3, -0.25) is 44.0 Å². The van der Waals surface area contributed by atoms with Crippen LogP contribution in [0.2, 0.25) is 0 Å². The number of rotatable bonds is 5. The van der Waals surface area contributed by atoms with Gasteiger partial charge in [0.1, 0.15) is 36.3 Å². The third-order valence-corrected chi connectivity index (χ3v) is 11.0. The highest BCUT2D eigenvalue weighted by Gasteiger charge is 2.48. The summed E-state index contributed by atoms with van der Waals surface area (Å²) in [7, 11) is 1.56. The number of hydroxylamine groups is 2. The summed E-state index contributed by atoms with van der Waals surface area (Å²) in [4.78, 5) is 89.6. The SMILES string of the molecule is CC(C)C1C(=O)N2NCCCC2C(=O)N2NCCCC2C(=O)N(C)C(Cc2ccccc2)C(=O)N2CCCC2C(=O)NC(Cc2ccccc2)C(=O)N1O. The molecule has 0 saturated carbocycles. The van der Waals surface area contributed by atoms with Gasteiger partial charge in [0.15, 0.2) is 0 Å². The maximum atomic E-state index is 14.7. The van der Waals surface area contributed by atoms with Crippen molar-refractivity contribution in [2.45, 2.75) is 101 Å². The Labute approximate surface area is 315 Å². The van der Waals surface area contributed by atoms with Crippen molar-refractivity contribution in [1.29, 1.82) is 0 Å². The van der Waals surface area contributed by atoms with Crippen LogP contribution >= 0.6 is 0 Å². The Balaban J connectivity index is 1.44. The quantitative estimate of drug-likeness (QED) is 0.326. The summed E-state index contributed by atoms with van der Waals surface area (Å²) in [5.74, 6) is -4.15. The van der Waals surface area contributed by atoms with E-state index >= 15 is 0 Å². The molecule has 6 unspecified atom stereocenters. The van der Waals surface area contributed by atoms with E-state index in [1.807, 2.05) is 36.4 Å². The molecule has 54 heavy (non-hydrogen) atoms. The number of hydrogen-bond donors (Lipinski definition) is 4. The average Bonchev–Trinajstić information content (AvgIpc) is 3.69. The van der Waals surface area contributed by atoms with Crippen molar-refractivity contribution < 1.29 is 34.0 Å². The molecule has 2 aromatic rings. The van der Waals surface area contributed by atoms with Gasteiger partial charge in [0.2, 0.25) is 17.7 Å². The van der Waals surface area contributed by atoms with Gasteiger partial charge < -0.3 is 15.1 Å². The molecular formula is C39H52N8O7. The maximum absolute atomic E-state index is 14.7. The highest BCUT2D eigenvalue weighted by atomic mass is 16.5. The van der Waals surface area contributed by atoms with E-state index in [9.17, 15) is 34.0 Å². The molecule has 2 aromatic carbocycles. The molecule has 6 rings (SSSR count). The summed E-state index contributed by atoms with van der Waals surface area (Å²) in [5.41, 5.74) is 7.63.